The summed E-state index contributed by atoms with van der Waals surface area (Å²) >= 11 is 1.82. The molecule has 0 saturated heterocycles. The first-order valence-corrected chi connectivity index (χ1v) is 8.25. The van der Waals surface area contributed by atoms with E-state index in [1.807, 2.05) is 29.7 Å². The average Bonchev–Trinajstić information content (AvgIpc) is 2.82. The summed E-state index contributed by atoms with van der Waals surface area (Å²) in [4.78, 5) is 10.5. The van der Waals surface area contributed by atoms with Gasteiger partial charge >= 0.3 is 0 Å². The zero-order valence-corrected chi connectivity index (χ0v) is 14.6. The maximum Gasteiger partial charge on any atom is 0.0985 e. The second-order valence-electron chi connectivity index (χ2n) is 6.58. The summed E-state index contributed by atoms with van der Waals surface area (Å²) in [6.45, 7) is 13.1. The number of hydrogen-bond acceptors (Lipinski definition) is 4. The van der Waals surface area contributed by atoms with Crippen molar-refractivity contribution in [2.45, 2.75) is 59.0 Å². The van der Waals surface area contributed by atoms with Crippen molar-refractivity contribution in [2.24, 2.45) is 0 Å². The van der Waals surface area contributed by atoms with Crippen molar-refractivity contribution in [2.75, 3.05) is 0 Å². The fourth-order valence-corrected chi connectivity index (χ4v) is 3.43. The first-order chi connectivity index (χ1) is 9.79. The monoisotopic (exact) mass is 303 g/mol. The minimum Gasteiger partial charge on any atom is -0.301 e. The van der Waals surface area contributed by atoms with Gasteiger partial charge in [-0.25, -0.2) is 4.98 Å². The summed E-state index contributed by atoms with van der Waals surface area (Å²) in [6, 6.07) is 6.53. The average molecular weight is 303 g/mol. The van der Waals surface area contributed by atoms with Crippen molar-refractivity contribution in [3.8, 4) is 0 Å². The van der Waals surface area contributed by atoms with Crippen LogP contribution in [0, 0.1) is 6.92 Å². The summed E-state index contributed by atoms with van der Waals surface area (Å²) < 4.78 is 0. The third-order valence-electron chi connectivity index (χ3n) is 3.50. The molecule has 0 radical (unpaired) electrons. The molecule has 0 aliphatic rings. The molecule has 2 aromatic rings. The Morgan fingerprint density at radius 2 is 1.86 bits per heavy atom. The van der Waals surface area contributed by atoms with E-state index < -0.39 is 0 Å². The van der Waals surface area contributed by atoms with E-state index >= 15 is 0 Å². The van der Waals surface area contributed by atoms with Gasteiger partial charge in [0.25, 0.3) is 0 Å². The maximum atomic E-state index is 4.75. The molecule has 114 valence electrons. The van der Waals surface area contributed by atoms with E-state index in [9.17, 15) is 0 Å². The lowest BCUT2D eigenvalue weighted by Crippen LogP contribution is -2.23. The molecule has 2 atom stereocenters. The van der Waals surface area contributed by atoms with Gasteiger partial charge in [-0.3, -0.25) is 4.98 Å². The molecule has 0 aromatic carbocycles. The number of nitrogens with zero attached hydrogens (tertiary/aromatic N) is 2. The van der Waals surface area contributed by atoms with Gasteiger partial charge in [-0.15, -0.1) is 11.3 Å². The van der Waals surface area contributed by atoms with Gasteiger partial charge in [0.15, 0.2) is 0 Å². The zero-order valence-electron chi connectivity index (χ0n) is 13.8. The highest BCUT2D eigenvalue weighted by Gasteiger charge is 2.23. The topological polar surface area (TPSA) is 37.8 Å². The van der Waals surface area contributed by atoms with Crippen molar-refractivity contribution >= 4 is 11.3 Å². The van der Waals surface area contributed by atoms with Crippen molar-refractivity contribution in [3.63, 3.8) is 0 Å². The Labute approximate surface area is 131 Å². The Hall–Kier alpha value is -1.26. The van der Waals surface area contributed by atoms with Crippen LogP contribution in [-0.2, 0) is 5.41 Å². The predicted octanol–water partition coefficient (Wildman–Crippen LogP) is 4.56. The predicted molar refractivity (Wildman–Crippen MR) is 89.8 cm³/mol. The molecule has 0 saturated carbocycles. The number of aromatic nitrogens is 2. The van der Waals surface area contributed by atoms with Crippen molar-refractivity contribution in [1.82, 2.24) is 15.3 Å². The minimum absolute atomic E-state index is 0.111. The standard InChI is InChI=1S/C17H25N3S/c1-11(14-9-7-8-10-18-14)19-12(2)15-13(3)20-16(21-15)17(4,5)6/h7-12,19H,1-6H3. The lowest BCUT2D eigenvalue weighted by Gasteiger charge is -2.19. The summed E-state index contributed by atoms with van der Waals surface area (Å²) in [5, 5.41) is 4.83. The first kappa shape index (κ1) is 16.1. The number of rotatable bonds is 4. The highest BCUT2D eigenvalue weighted by Crippen LogP contribution is 2.33. The van der Waals surface area contributed by atoms with Crippen LogP contribution in [0.25, 0.3) is 0 Å². The molecule has 0 bridgehead atoms. The Kier molecular flexibility index (Phi) is 4.79. The lowest BCUT2D eigenvalue weighted by atomic mass is 9.98. The molecular formula is C17H25N3S. The molecule has 4 heteroatoms. The van der Waals surface area contributed by atoms with Crippen LogP contribution < -0.4 is 5.32 Å². The van der Waals surface area contributed by atoms with E-state index in [1.165, 1.54) is 9.88 Å². The number of nitrogens with one attached hydrogen (secondary N) is 1. The Balaban J connectivity index is 2.14. The number of hydrogen-bond donors (Lipinski definition) is 1. The largest absolute Gasteiger partial charge is 0.301 e. The highest BCUT2D eigenvalue weighted by molar-refractivity contribution is 7.12. The molecule has 0 amide bonds. The van der Waals surface area contributed by atoms with E-state index in [0.29, 0.717) is 0 Å². The van der Waals surface area contributed by atoms with E-state index in [-0.39, 0.29) is 17.5 Å². The molecule has 1 N–H and O–H groups in total. The van der Waals surface area contributed by atoms with Gasteiger partial charge in [-0.1, -0.05) is 26.8 Å². The normalized spacial score (nSPS) is 15.0. The molecule has 0 fully saturated rings. The van der Waals surface area contributed by atoms with Gasteiger partial charge < -0.3 is 5.32 Å². The highest BCUT2D eigenvalue weighted by atomic mass is 32.1. The van der Waals surface area contributed by atoms with Gasteiger partial charge in [-0.2, -0.15) is 0 Å². The molecule has 2 aromatic heterocycles. The maximum absolute atomic E-state index is 4.75. The molecule has 0 aliphatic carbocycles. The van der Waals surface area contributed by atoms with Crippen molar-refractivity contribution in [3.05, 3.63) is 45.7 Å². The Morgan fingerprint density at radius 1 is 1.14 bits per heavy atom. The van der Waals surface area contributed by atoms with Crippen LogP contribution in [0.1, 0.15) is 68.0 Å². The van der Waals surface area contributed by atoms with Crippen LogP contribution in [0.15, 0.2) is 24.4 Å². The van der Waals surface area contributed by atoms with Crippen molar-refractivity contribution in [1.29, 1.82) is 0 Å². The van der Waals surface area contributed by atoms with E-state index in [1.54, 1.807) is 0 Å². The fourth-order valence-electron chi connectivity index (χ4n) is 2.30. The smallest absolute Gasteiger partial charge is 0.0985 e. The summed E-state index contributed by atoms with van der Waals surface area (Å²) in [6.07, 6.45) is 1.84. The molecule has 0 aliphatic heterocycles. The van der Waals surface area contributed by atoms with Gasteiger partial charge in [-0.05, 0) is 32.9 Å². The molecule has 2 heterocycles. The second kappa shape index (κ2) is 6.24. The summed E-state index contributed by atoms with van der Waals surface area (Å²) in [5.41, 5.74) is 2.32. The fraction of sp³-hybridized carbons (Fsp3) is 0.529. The molecule has 3 nitrogen and oxygen atoms in total. The van der Waals surface area contributed by atoms with Gasteiger partial charge in [0, 0.05) is 28.6 Å². The second-order valence-corrected chi connectivity index (χ2v) is 7.61. The van der Waals surface area contributed by atoms with Gasteiger partial charge in [0.2, 0.25) is 0 Å². The molecular weight excluding hydrogens is 278 g/mol. The van der Waals surface area contributed by atoms with Crippen LogP contribution in [0.3, 0.4) is 0 Å². The van der Waals surface area contributed by atoms with Gasteiger partial charge in [0.05, 0.1) is 16.4 Å². The summed E-state index contributed by atoms with van der Waals surface area (Å²) in [5.74, 6) is 0. The third-order valence-corrected chi connectivity index (χ3v) is 5.26. The Bertz CT molecular complexity index is 584. The Morgan fingerprint density at radius 3 is 2.38 bits per heavy atom. The zero-order chi connectivity index (χ0) is 15.6. The number of thiazole rings is 1. The van der Waals surface area contributed by atoms with Crippen LogP contribution in [0.2, 0.25) is 0 Å². The third kappa shape index (κ3) is 3.89. The van der Waals surface area contributed by atoms with E-state index in [4.69, 9.17) is 4.98 Å². The first-order valence-electron chi connectivity index (χ1n) is 7.44. The SMILES string of the molecule is Cc1nc(C(C)(C)C)sc1C(C)NC(C)c1ccccn1. The molecule has 21 heavy (non-hydrogen) atoms. The van der Waals surface area contributed by atoms with Crippen LogP contribution in [-0.4, -0.2) is 9.97 Å². The number of pyridine rings is 1. The van der Waals surface area contributed by atoms with Gasteiger partial charge in [0.1, 0.15) is 0 Å². The van der Waals surface area contributed by atoms with Crippen molar-refractivity contribution < 1.29 is 0 Å². The quantitative estimate of drug-likeness (QED) is 0.900. The van der Waals surface area contributed by atoms with Crippen LogP contribution in [0.5, 0.6) is 0 Å². The molecule has 0 spiro atoms. The van der Waals surface area contributed by atoms with Crippen LogP contribution >= 0.6 is 11.3 Å². The molecule has 2 rings (SSSR count). The minimum atomic E-state index is 0.111. The lowest BCUT2D eigenvalue weighted by molar-refractivity contribution is 0.489. The van der Waals surface area contributed by atoms with Crippen LogP contribution in [0.4, 0.5) is 0 Å². The van der Waals surface area contributed by atoms with E-state index in [2.05, 4.69) is 57.9 Å². The molecule has 2 unspecified atom stereocenters. The van der Waals surface area contributed by atoms with E-state index in [0.717, 1.165) is 11.4 Å². The summed E-state index contributed by atoms with van der Waals surface area (Å²) in [7, 11) is 0. The number of aryl methyl sites for hydroxylation is 1.